The Hall–Kier alpha value is -2.91. The molecule has 47 heavy (non-hydrogen) atoms. The molecule has 13 nitrogen and oxygen atoms in total. The van der Waals surface area contributed by atoms with E-state index >= 15 is 0 Å². The summed E-state index contributed by atoms with van der Waals surface area (Å²) < 4.78 is 33.1. The van der Waals surface area contributed by atoms with Gasteiger partial charge in [-0.2, -0.15) is 5.82 Å². The van der Waals surface area contributed by atoms with Gasteiger partial charge in [-0.3, -0.25) is 9.59 Å². The molecule has 1 aliphatic rings. The molecule has 5 N–H and O–H groups in total. The molecule has 1 saturated heterocycles. The van der Waals surface area contributed by atoms with Crippen molar-refractivity contribution in [1.82, 2.24) is 10.6 Å². The highest BCUT2D eigenvalue weighted by molar-refractivity contribution is 8.77. The van der Waals surface area contributed by atoms with Crippen molar-refractivity contribution in [3.05, 3.63) is 42.5 Å². The summed E-state index contributed by atoms with van der Waals surface area (Å²) in [4.78, 5) is 36.1. The first-order chi connectivity index (χ1) is 22.5. The van der Waals surface area contributed by atoms with E-state index in [0.29, 0.717) is 38.1 Å². The summed E-state index contributed by atoms with van der Waals surface area (Å²) in [6.07, 6.45) is -0.351. The van der Waals surface area contributed by atoms with Crippen molar-refractivity contribution in [2.75, 3.05) is 59.3 Å². The Morgan fingerprint density at radius 1 is 1.28 bits per heavy atom. The molecule has 0 bridgehead atoms. The largest absolute Gasteiger partial charge is 0.508 e. The number of aliphatic hydroxyl groups is 1. The molecule has 0 radical (unpaired) electrons. The summed E-state index contributed by atoms with van der Waals surface area (Å²) in [6, 6.07) is 6.57. The third-order valence-electron chi connectivity index (χ3n) is 5.93. The zero-order valence-electron chi connectivity index (χ0n) is 27.2. The van der Waals surface area contributed by atoms with Gasteiger partial charge in [0.2, 0.25) is 13.2 Å². The van der Waals surface area contributed by atoms with Gasteiger partial charge in [-0.1, -0.05) is 67.0 Å². The molecule has 2 unspecified atom stereocenters. The molecular formula is C31H46BN3O10S2. The van der Waals surface area contributed by atoms with Crippen LogP contribution in [0, 0.1) is 11.7 Å². The van der Waals surface area contributed by atoms with Crippen LogP contribution in [0.15, 0.2) is 36.9 Å². The summed E-state index contributed by atoms with van der Waals surface area (Å²) in [5.41, 5.74) is 5.61. The van der Waals surface area contributed by atoms with E-state index < -0.39 is 18.4 Å². The van der Waals surface area contributed by atoms with Crippen LogP contribution < -0.4 is 21.1 Å². The van der Waals surface area contributed by atoms with E-state index in [1.165, 1.54) is 16.9 Å². The summed E-state index contributed by atoms with van der Waals surface area (Å²) in [7, 11) is 3.54. The first-order valence-corrected chi connectivity index (χ1v) is 17.4. The molecule has 4 atom stereocenters. The van der Waals surface area contributed by atoms with Gasteiger partial charge in [0.1, 0.15) is 43.2 Å². The molecule has 1 aromatic carbocycles. The normalized spacial score (nSPS) is 17.9. The van der Waals surface area contributed by atoms with Crippen molar-refractivity contribution >= 4 is 46.8 Å². The van der Waals surface area contributed by atoms with Crippen LogP contribution >= 0.6 is 21.6 Å². The van der Waals surface area contributed by atoms with Crippen LogP contribution in [0.1, 0.15) is 37.6 Å². The molecule has 0 saturated carbocycles. The number of aliphatic hydroxyl groups excluding tert-OH is 1. The van der Waals surface area contributed by atoms with E-state index in [4.69, 9.17) is 34.2 Å². The van der Waals surface area contributed by atoms with Crippen LogP contribution in [0.2, 0.25) is 0 Å². The van der Waals surface area contributed by atoms with E-state index in [1.54, 1.807) is 35.1 Å². The Labute approximate surface area is 285 Å². The fourth-order valence-corrected chi connectivity index (χ4v) is 6.02. The smallest absolute Gasteiger partial charge is 0.490 e. The van der Waals surface area contributed by atoms with E-state index in [0.717, 1.165) is 0 Å². The molecule has 16 heteroatoms. The van der Waals surface area contributed by atoms with Crippen molar-refractivity contribution in [2.45, 2.75) is 55.6 Å². The standard InChI is InChI=1S/C31H46BN3O10S2/c1-5-14-42-30(39)45-24-18-26(44-25(24)19-36)32-10-7-12-34-27(37)20-40-15-16-41-28(46-47-31(2,3)4)21-43-23-9-6-8-22(17-23)29(38)35-13-11-33/h5-6,8-9,17,24-26,28,32,36H,1,11-16,18-21,33H2,2-4H3,(H,34,37)(H,35,38)/t24-,25?,26-,28?/m1/s1. The molecule has 1 heterocycles. The third-order valence-corrected chi connectivity index (χ3v) is 9.45. The predicted molar refractivity (Wildman–Crippen MR) is 184 cm³/mol. The van der Waals surface area contributed by atoms with Crippen molar-refractivity contribution < 1.29 is 47.9 Å². The van der Waals surface area contributed by atoms with Crippen molar-refractivity contribution in [2.24, 2.45) is 5.73 Å². The fourth-order valence-electron chi connectivity index (χ4n) is 3.83. The van der Waals surface area contributed by atoms with E-state index in [2.05, 4.69) is 49.7 Å². The lowest BCUT2D eigenvalue weighted by Crippen LogP contribution is -2.30. The summed E-state index contributed by atoms with van der Waals surface area (Å²) in [6.45, 7) is 10.9. The molecule has 0 aromatic heterocycles. The summed E-state index contributed by atoms with van der Waals surface area (Å²) in [5.74, 6) is 5.78. The fraction of sp³-hybridized carbons (Fsp3) is 0.581. The van der Waals surface area contributed by atoms with Gasteiger partial charge in [-0.05, 0) is 18.2 Å². The number of nitrogens with two attached hydrogens (primary N) is 1. The first-order valence-electron chi connectivity index (χ1n) is 15.2. The quantitative estimate of drug-likeness (QED) is 0.0295. The number of ether oxygens (including phenoxy) is 6. The highest BCUT2D eigenvalue weighted by atomic mass is 33.1. The molecule has 0 aliphatic carbocycles. The lowest BCUT2D eigenvalue weighted by molar-refractivity contribution is -0.126. The summed E-state index contributed by atoms with van der Waals surface area (Å²) in [5, 5.41) is 14.9. The second-order valence-electron chi connectivity index (χ2n) is 11.1. The van der Waals surface area contributed by atoms with Gasteiger partial charge in [0, 0.05) is 35.8 Å². The molecule has 260 valence electrons. The topological polar surface area (TPSA) is 177 Å². The summed E-state index contributed by atoms with van der Waals surface area (Å²) >= 11 is 0. The van der Waals surface area contributed by atoms with Gasteiger partial charge in [0.15, 0.2) is 0 Å². The van der Waals surface area contributed by atoms with Crippen molar-refractivity contribution in [3.63, 3.8) is 0 Å². The number of amides is 2. The maximum Gasteiger partial charge on any atom is 0.508 e. The molecule has 1 aliphatic heterocycles. The first kappa shape index (κ1) is 40.3. The Morgan fingerprint density at radius 2 is 2.09 bits per heavy atom. The molecule has 1 aromatic rings. The van der Waals surface area contributed by atoms with Crippen LogP contribution in [0.25, 0.3) is 0 Å². The molecule has 2 rings (SSSR count). The third kappa shape index (κ3) is 17.7. The van der Waals surface area contributed by atoms with Gasteiger partial charge < -0.3 is 49.9 Å². The van der Waals surface area contributed by atoms with Crippen LogP contribution in [0.5, 0.6) is 5.75 Å². The second-order valence-corrected chi connectivity index (χ2v) is 14.3. The Morgan fingerprint density at radius 3 is 2.81 bits per heavy atom. The van der Waals surface area contributed by atoms with Gasteiger partial charge in [0.25, 0.3) is 5.91 Å². The Bertz CT molecular complexity index is 1190. The SMILES string of the molecule is C=CCOC(=O)O[C@@H]1C[C@H](BC#CCNC(=O)COCCOC(COc2cccc(C(=O)NCCN)c2)SSC(C)(C)C)OC1CO. The minimum Gasteiger partial charge on any atom is -0.490 e. The van der Waals surface area contributed by atoms with Crippen LogP contribution in [0.3, 0.4) is 0 Å². The van der Waals surface area contributed by atoms with Crippen LogP contribution in [0.4, 0.5) is 4.79 Å². The number of carbonyl (C=O) groups is 3. The number of hydrogen-bond acceptors (Lipinski definition) is 13. The average Bonchev–Trinajstić information content (AvgIpc) is 3.43. The van der Waals surface area contributed by atoms with Crippen molar-refractivity contribution in [1.29, 1.82) is 0 Å². The maximum atomic E-state index is 12.2. The maximum absolute atomic E-state index is 12.2. The number of benzene rings is 1. The minimum atomic E-state index is -0.850. The highest BCUT2D eigenvalue weighted by Crippen LogP contribution is 2.38. The molecule has 0 spiro atoms. The van der Waals surface area contributed by atoms with Gasteiger partial charge in [-0.25, -0.2) is 4.79 Å². The highest BCUT2D eigenvalue weighted by Gasteiger charge is 2.37. The zero-order valence-corrected chi connectivity index (χ0v) is 28.8. The molecule has 1 fully saturated rings. The van der Waals surface area contributed by atoms with Crippen LogP contribution in [-0.4, -0.2) is 118 Å². The number of hydrogen-bond donors (Lipinski definition) is 4. The number of carbonyl (C=O) groups excluding carboxylic acids is 3. The number of rotatable bonds is 20. The van der Waals surface area contributed by atoms with Crippen LogP contribution in [-0.2, 0) is 28.5 Å². The minimum absolute atomic E-state index is 0.00534. The van der Waals surface area contributed by atoms with E-state index in [1.807, 2.05) is 0 Å². The molecular weight excluding hydrogens is 649 g/mol. The second kappa shape index (κ2) is 22.6. The van der Waals surface area contributed by atoms with Crippen molar-refractivity contribution in [3.8, 4) is 17.5 Å². The monoisotopic (exact) mass is 695 g/mol. The van der Waals surface area contributed by atoms with E-state index in [9.17, 15) is 19.5 Å². The Kier molecular flexibility index (Phi) is 19.4. The van der Waals surface area contributed by atoms with E-state index in [-0.39, 0.29) is 74.2 Å². The Balaban J connectivity index is 1.68. The lowest BCUT2D eigenvalue weighted by atomic mass is 9.71. The molecule has 2 amide bonds. The number of nitrogens with one attached hydrogen (secondary N) is 2. The van der Waals surface area contributed by atoms with Gasteiger partial charge in [0.05, 0.1) is 26.4 Å². The zero-order chi connectivity index (χ0) is 34.5. The average molecular weight is 696 g/mol. The van der Waals surface area contributed by atoms with Gasteiger partial charge >= 0.3 is 6.16 Å². The van der Waals surface area contributed by atoms with Gasteiger partial charge in [-0.15, -0.1) is 0 Å². The lowest BCUT2D eigenvalue weighted by Gasteiger charge is -2.22. The predicted octanol–water partition coefficient (Wildman–Crippen LogP) is 1.62.